The van der Waals surface area contributed by atoms with E-state index < -0.39 is 0 Å². The Morgan fingerprint density at radius 1 is 1.17 bits per heavy atom. The maximum Gasteiger partial charge on any atom is 0.222 e. The van der Waals surface area contributed by atoms with Crippen LogP contribution in [0.1, 0.15) is 59.8 Å². The zero-order valence-electron chi connectivity index (χ0n) is 15.9. The average molecular weight is 452 g/mol. The summed E-state index contributed by atoms with van der Waals surface area (Å²) >= 11 is 0. The van der Waals surface area contributed by atoms with E-state index in [0.29, 0.717) is 13.1 Å². The van der Waals surface area contributed by atoms with E-state index in [4.69, 9.17) is 0 Å². The smallest absolute Gasteiger partial charge is 0.222 e. The number of aliphatic imine (C=N–C) groups is 1. The van der Waals surface area contributed by atoms with Gasteiger partial charge < -0.3 is 16.0 Å². The van der Waals surface area contributed by atoms with Crippen molar-refractivity contribution in [1.82, 2.24) is 16.0 Å². The van der Waals surface area contributed by atoms with Crippen molar-refractivity contribution in [1.29, 1.82) is 0 Å². The first-order valence-electron chi connectivity index (χ1n) is 9.32. The van der Waals surface area contributed by atoms with E-state index in [1.807, 2.05) is 13.8 Å². The highest BCUT2D eigenvalue weighted by atomic mass is 127. The maximum absolute atomic E-state index is 11.5. The third-order valence-corrected chi connectivity index (χ3v) is 4.44. The van der Waals surface area contributed by atoms with Crippen LogP contribution in [0.2, 0.25) is 0 Å². The zero-order chi connectivity index (χ0) is 17.1. The molecule has 1 rings (SSSR count). The lowest BCUT2D eigenvalue weighted by molar-refractivity contribution is -0.123. The number of nitrogens with zero attached hydrogens (tertiary/aromatic N) is 1. The largest absolute Gasteiger partial charge is 0.357 e. The van der Waals surface area contributed by atoms with Gasteiger partial charge in [0.15, 0.2) is 5.96 Å². The minimum atomic E-state index is 0. The summed E-state index contributed by atoms with van der Waals surface area (Å²) in [5.74, 6) is 2.72. The molecule has 24 heavy (non-hydrogen) atoms. The molecule has 5 nitrogen and oxygen atoms in total. The summed E-state index contributed by atoms with van der Waals surface area (Å²) < 4.78 is 0. The molecule has 0 aromatic heterocycles. The summed E-state index contributed by atoms with van der Waals surface area (Å²) in [5, 5.41) is 9.46. The molecule has 0 heterocycles. The van der Waals surface area contributed by atoms with Crippen molar-refractivity contribution >= 4 is 35.8 Å². The molecule has 1 aliphatic carbocycles. The molecule has 1 fully saturated rings. The highest BCUT2D eigenvalue weighted by Gasteiger charge is 2.18. The Balaban J connectivity index is 0.00000529. The van der Waals surface area contributed by atoms with E-state index >= 15 is 0 Å². The quantitative estimate of drug-likeness (QED) is 0.230. The topological polar surface area (TPSA) is 65.5 Å². The Kier molecular flexibility index (Phi) is 13.4. The maximum atomic E-state index is 11.5. The predicted octanol–water partition coefficient (Wildman–Crippen LogP) is 3.15. The normalized spacial score (nSPS) is 21.1. The van der Waals surface area contributed by atoms with E-state index in [9.17, 15) is 4.79 Å². The number of nitrogens with one attached hydrogen (secondary N) is 3. The van der Waals surface area contributed by atoms with E-state index in [1.165, 1.54) is 32.1 Å². The number of hydrogen-bond donors (Lipinski definition) is 3. The van der Waals surface area contributed by atoms with E-state index in [1.54, 1.807) is 0 Å². The third kappa shape index (κ3) is 10.4. The summed E-state index contributed by atoms with van der Waals surface area (Å²) in [6.07, 6.45) is 6.69. The molecule has 0 aromatic rings. The van der Waals surface area contributed by atoms with Gasteiger partial charge >= 0.3 is 0 Å². The first-order valence-corrected chi connectivity index (χ1v) is 9.32. The first kappa shape index (κ1) is 23.5. The number of rotatable bonds is 8. The Morgan fingerprint density at radius 2 is 1.88 bits per heavy atom. The van der Waals surface area contributed by atoms with E-state index in [-0.39, 0.29) is 35.8 Å². The SMILES string of the molecule is CCNC(=NCCC1CCCC(C)C1)NCCNC(=O)C(C)C.I. The minimum Gasteiger partial charge on any atom is -0.357 e. The van der Waals surface area contributed by atoms with Gasteiger partial charge in [-0.1, -0.05) is 40.0 Å². The van der Waals surface area contributed by atoms with Gasteiger partial charge in [0.1, 0.15) is 0 Å². The summed E-state index contributed by atoms with van der Waals surface area (Å²) in [6.45, 7) is 11.3. The molecule has 0 bridgehead atoms. The molecule has 0 radical (unpaired) electrons. The second kappa shape index (κ2) is 13.7. The van der Waals surface area contributed by atoms with Gasteiger partial charge in [0.05, 0.1) is 0 Å². The first-order chi connectivity index (χ1) is 11.0. The fraction of sp³-hybridized carbons (Fsp3) is 0.889. The lowest BCUT2D eigenvalue weighted by Gasteiger charge is -2.26. The lowest BCUT2D eigenvalue weighted by Crippen LogP contribution is -2.42. The van der Waals surface area contributed by atoms with Crippen LogP contribution < -0.4 is 16.0 Å². The van der Waals surface area contributed by atoms with E-state index in [2.05, 4.69) is 34.8 Å². The average Bonchev–Trinajstić information content (AvgIpc) is 2.51. The van der Waals surface area contributed by atoms with Gasteiger partial charge in [0.2, 0.25) is 5.91 Å². The molecular formula is C18H37IN4O. The highest BCUT2D eigenvalue weighted by molar-refractivity contribution is 14.0. The second-order valence-electron chi connectivity index (χ2n) is 7.06. The number of guanidine groups is 1. The van der Waals surface area contributed by atoms with Crippen LogP contribution in [0, 0.1) is 17.8 Å². The van der Waals surface area contributed by atoms with Crippen molar-refractivity contribution in [3.8, 4) is 0 Å². The third-order valence-electron chi connectivity index (χ3n) is 4.44. The molecule has 1 amide bonds. The molecule has 1 aliphatic rings. The number of hydrogen-bond acceptors (Lipinski definition) is 2. The Bertz CT molecular complexity index is 374. The summed E-state index contributed by atoms with van der Waals surface area (Å²) in [7, 11) is 0. The Morgan fingerprint density at radius 3 is 2.50 bits per heavy atom. The second-order valence-corrected chi connectivity index (χ2v) is 7.06. The van der Waals surface area contributed by atoms with Crippen molar-refractivity contribution in [2.24, 2.45) is 22.7 Å². The van der Waals surface area contributed by atoms with E-state index in [0.717, 1.165) is 30.9 Å². The van der Waals surface area contributed by atoms with Crippen molar-refractivity contribution in [2.45, 2.75) is 59.8 Å². The molecule has 1 saturated carbocycles. The zero-order valence-corrected chi connectivity index (χ0v) is 18.2. The monoisotopic (exact) mass is 452 g/mol. The van der Waals surface area contributed by atoms with Gasteiger partial charge in [0, 0.05) is 32.1 Å². The predicted molar refractivity (Wildman–Crippen MR) is 113 cm³/mol. The molecule has 3 N–H and O–H groups in total. The molecule has 0 aromatic carbocycles. The van der Waals surface area contributed by atoms with Crippen molar-refractivity contribution in [3.63, 3.8) is 0 Å². The minimum absolute atomic E-state index is 0. The number of amides is 1. The van der Waals surface area contributed by atoms with Crippen LogP contribution in [0.5, 0.6) is 0 Å². The van der Waals surface area contributed by atoms with Crippen LogP contribution in [0.3, 0.4) is 0 Å². The van der Waals surface area contributed by atoms with Gasteiger partial charge in [-0.25, -0.2) is 0 Å². The van der Waals surface area contributed by atoms with Crippen LogP contribution in [0.4, 0.5) is 0 Å². The fourth-order valence-electron chi connectivity index (χ4n) is 3.09. The molecule has 6 heteroatoms. The van der Waals surface area contributed by atoms with Gasteiger partial charge in [-0.05, 0) is 31.6 Å². The molecule has 142 valence electrons. The molecule has 0 aliphatic heterocycles. The van der Waals surface area contributed by atoms with Crippen LogP contribution in [0.15, 0.2) is 4.99 Å². The number of carbonyl (C=O) groups is 1. The van der Waals surface area contributed by atoms with Crippen LogP contribution in [0.25, 0.3) is 0 Å². The molecule has 0 saturated heterocycles. The van der Waals surface area contributed by atoms with Gasteiger partial charge in [-0.3, -0.25) is 9.79 Å². The number of halogens is 1. The van der Waals surface area contributed by atoms with Crippen LogP contribution in [-0.2, 0) is 4.79 Å². The van der Waals surface area contributed by atoms with Gasteiger partial charge in [0.25, 0.3) is 0 Å². The highest BCUT2D eigenvalue weighted by Crippen LogP contribution is 2.30. The standard InChI is InChI=1S/C18H36N4O.HI/c1-5-19-18(22-12-11-20-17(23)14(2)3)21-10-9-16-8-6-7-15(4)13-16;/h14-16H,5-13H2,1-4H3,(H,20,23)(H2,19,21,22);1H. The van der Waals surface area contributed by atoms with Crippen LogP contribution >= 0.6 is 24.0 Å². The summed E-state index contributed by atoms with van der Waals surface area (Å²) in [4.78, 5) is 16.2. The Labute approximate surface area is 165 Å². The van der Waals surface area contributed by atoms with Gasteiger partial charge in [-0.15, -0.1) is 24.0 Å². The molecule has 0 spiro atoms. The number of carbonyl (C=O) groups excluding carboxylic acids is 1. The molecule has 2 atom stereocenters. The van der Waals surface area contributed by atoms with Crippen molar-refractivity contribution < 1.29 is 4.79 Å². The fourth-order valence-corrected chi connectivity index (χ4v) is 3.09. The van der Waals surface area contributed by atoms with Gasteiger partial charge in [-0.2, -0.15) is 0 Å². The lowest BCUT2D eigenvalue weighted by atomic mass is 9.81. The molecular weight excluding hydrogens is 415 g/mol. The summed E-state index contributed by atoms with van der Waals surface area (Å²) in [6, 6.07) is 0. The van der Waals surface area contributed by atoms with Crippen molar-refractivity contribution in [2.75, 3.05) is 26.2 Å². The molecule has 2 unspecified atom stereocenters. The Hall–Kier alpha value is -0.530. The summed E-state index contributed by atoms with van der Waals surface area (Å²) in [5.41, 5.74) is 0. The van der Waals surface area contributed by atoms with Crippen LogP contribution in [-0.4, -0.2) is 38.0 Å². The van der Waals surface area contributed by atoms with Crippen molar-refractivity contribution in [3.05, 3.63) is 0 Å².